The largest absolute Gasteiger partial charge is 0.507 e. The maximum atomic E-state index is 10.8. The molecule has 9 aromatic carbocycles. The molecule has 3 N–H and O–H groups in total. The minimum absolute atomic E-state index is 0.223. The maximum absolute atomic E-state index is 10.8. The van der Waals surface area contributed by atoms with Crippen LogP contribution in [0.25, 0.3) is 88.8 Å². The summed E-state index contributed by atoms with van der Waals surface area (Å²) in [5, 5.41) is 22.7. The molecule has 0 bridgehead atoms. The van der Waals surface area contributed by atoms with Crippen LogP contribution < -0.4 is 10.5 Å². The smallest absolute Gasteiger partial charge is 0.213 e. The summed E-state index contributed by atoms with van der Waals surface area (Å²) in [7, 11) is 0. The number of furan rings is 1. The van der Waals surface area contributed by atoms with Crippen molar-refractivity contribution < 1.29 is 9.52 Å². The molecule has 0 amide bonds. The van der Waals surface area contributed by atoms with Gasteiger partial charge >= 0.3 is 0 Å². The normalized spacial score (nSPS) is 11.6. The third-order valence-corrected chi connectivity index (χ3v) is 13.1. The Bertz CT molecular complexity index is 3950. The van der Waals surface area contributed by atoms with Crippen molar-refractivity contribution in [2.24, 2.45) is 0 Å². The molecule has 0 atom stereocenters. The summed E-state index contributed by atoms with van der Waals surface area (Å²) in [4.78, 5) is 10.9. The number of aromatic nitrogens is 4. The quantitative estimate of drug-likeness (QED) is 0.142. The molecule has 8 heteroatoms. The fourth-order valence-electron chi connectivity index (χ4n) is 9.70. The maximum Gasteiger partial charge on any atom is 0.213 e. The number of phenolic OH excluding ortho intramolecular Hbond substituents is 1. The monoisotopic (exact) mass is 868 g/mol. The van der Waals surface area contributed by atoms with Gasteiger partial charge in [0.1, 0.15) is 16.9 Å². The standard InChI is InChI=1S/C59H44N6O2/c1-36-23-26-43(34-47(36)45-16-5-10-21-55(45)66)63-53-29-25-42(33-54(53)65(58(63)60)51-20-9-4-13-37(51)2)40-15-12-14-39(32-40)41-24-28-52(38(3)31-41)64(59-61-49-18-7-8-19-50(49)62-59)44-27-30-57-48(35-44)46-17-6-11-22-56(46)67-57/h4-35,60,66H,1-3H3,(H,61,62). The van der Waals surface area contributed by atoms with Crippen molar-refractivity contribution in [3.63, 3.8) is 0 Å². The Morgan fingerprint density at radius 1 is 0.537 bits per heavy atom. The molecular formula is C59H44N6O2. The highest BCUT2D eigenvalue weighted by atomic mass is 16.3. The average Bonchev–Trinajstić information content (AvgIpc) is 4.04. The van der Waals surface area contributed by atoms with Gasteiger partial charge in [-0.15, -0.1) is 0 Å². The Hall–Kier alpha value is -8.88. The van der Waals surface area contributed by atoms with E-state index in [1.54, 1.807) is 6.07 Å². The highest BCUT2D eigenvalue weighted by Gasteiger charge is 2.22. The molecule has 67 heavy (non-hydrogen) atoms. The molecule has 0 unspecified atom stereocenters. The lowest BCUT2D eigenvalue weighted by Crippen LogP contribution is -2.23. The highest BCUT2D eigenvalue weighted by molar-refractivity contribution is 6.06. The van der Waals surface area contributed by atoms with Gasteiger partial charge in [0.15, 0.2) is 0 Å². The summed E-state index contributed by atoms with van der Waals surface area (Å²) < 4.78 is 10.3. The lowest BCUT2D eigenvalue weighted by atomic mass is 9.97. The third-order valence-electron chi connectivity index (χ3n) is 13.1. The van der Waals surface area contributed by atoms with E-state index in [2.05, 4.69) is 139 Å². The van der Waals surface area contributed by atoms with Gasteiger partial charge in [-0.2, -0.15) is 0 Å². The third kappa shape index (κ3) is 6.69. The molecule has 12 rings (SSSR count). The summed E-state index contributed by atoms with van der Waals surface area (Å²) in [6.45, 7) is 6.29. The summed E-state index contributed by atoms with van der Waals surface area (Å²) in [5.41, 5.74) is 18.7. The molecule has 0 saturated heterocycles. The van der Waals surface area contributed by atoms with E-state index >= 15 is 0 Å². The van der Waals surface area contributed by atoms with Crippen LogP contribution in [-0.4, -0.2) is 24.2 Å². The molecule has 0 aliphatic heterocycles. The fraction of sp³-hybridized carbons (Fsp3) is 0.0508. The van der Waals surface area contributed by atoms with Gasteiger partial charge in [-0.1, -0.05) is 103 Å². The van der Waals surface area contributed by atoms with E-state index in [0.29, 0.717) is 5.62 Å². The summed E-state index contributed by atoms with van der Waals surface area (Å²) in [6.07, 6.45) is 0. The number of aryl methyl sites for hydroxylation is 3. The molecule has 0 spiro atoms. The zero-order valence-electron chi connectivity index (χ0n) is 37.1. The number of fused-ring (bicyclic) bond motifs is 5. The van der Waals surface area contributed by atoms with Crippen LogP contribution in [0.5, 0.6) is 5.75 Å². The van der Waals surface area contributed by atoms with Crippen LogP contribution in [0.4, 0.5) is 17.3 Å². The number of nitrogens with one attached hydrogen (secondary N) is 2. The van der Waals surface area contributed by atoms with E-state index in [1.165, 1.54) is 0 Å². The summed E-state index contributed by atoms with van der Waals surface area (Å²) >= 11 is 0. The molecule has 0 aliphatic rings. The second kappa shape index (κ2) is 15.7. The second-order valence-electron chi connectivity index (χ2n) is 17.3. The zero-order valence-corrected chi connectivity index (χ0v) is 37.1. The number of aromatic amines is 1. The van der Waals surface area contributed by atoms with Crippen molar-refractivity contribution in [3.8, 4) is 50.5 Å². The molecule has 8 nitrogen and oxygen atoms in total. The van der Waals surface area contributed by atoms with Crippen LogP contribution in [-0.2, 0) is 0 Å². The van der Waals surface area contributed by atoms with E-state index in [1.807, 2.05) is 88.9 Å². The lowest BCUT2D eigenvalue weighted by Gasteiger charge is -2.25. The Labute approximate surface area is 386 Å². The Kier molecular flexibility index (Phi) is 9.29. The first-order chi connectivity index (χ1) is 32.8. The Balaban J connectivity index is 0.954. The van der Waals surface area contributed by atoms with Gasteiger partial charge in [0.05, 0.1) is 33.4 Å². The van der Waals surface area contributed by atoms with Crippen LogP contribution in [0.15, 0.2) is 199 Å². The van der Waals surface area contributed by atoms with E-state index in [4.69, 9.17) is 9.40 Å². The first kappa shape index (κ1) is 39.7. The second-order valence-corrected chi connectivity index (χ2v) is 17.3. The van der Waals surface area contributed by atoms with Crippen molar-refractivity contribution in [2.45, 2.75) is 20.8 Å². The molecule has 0 fully saturated rings. The number of imidazole rings is 2. The number of para-hydroxylation sites is 5. The summed E-state index contributed by atoms with van der Waals surface area (Å²) in [6, 6.07) is 66.2. The van der Waals surface area contributed by atoms with E-state index in [0.717, 1.165) is 123 Å². The number of phenols is 1. The van der Waals surface area contributed by atoms with Crippen molar-refractivity contribution in [3.05, 3.63) is 216 Å². The van der Waals surface area contributed by atoms with Gasteiger partial charge in [-0.3, -0.25) is 19.4 Å². The van der Waals surface area contributed by atoms with Crippen LogP contribution in [0, 0.1) is 26.2 Å². The SMILES string of the molecule is Cc1ccc(-n2c(=N)n(-c3ccccc3C)c3cc(-c4cccc(-c5ccc(N(c6ccc7oc8ccccc8c7c6)c6nc7ccccc7[nH]6)c(C)c5)c4)ccc32)cc1-c1ccccc1O. The van der Waals surface area contributed by atoms with Crippen molar-refractivity contribution >= 4 is 61.3 Å². The van der Waals surface area contributed by atoms with Gasteiger partial charge in [-0.05, 0) is 156 Å². The Morgan fingerprint density at radius 2 is 1.27 bits per heavy atom. The number of nitrogens with zero attached hydrogens (tertiary/aromatic N) is 4. The van der Waals surface area contributed by atoms with Crippen LogP contribution in [0.2, 0.25) is 0 Å². The van der Waals surface area contributed by atoms with Crippen molar-refractivity contribution in [1.29, 1.82) is 5.41 Å². The summed E-state index contributed by atoms with van der Waals surface area (Å²) in [5.74, 6) is 0.953. The highest BCUT2D eigenvalue weighted by Crippen LogP contribution is 2.41. The fourth-order valence-corrected chi connectivity index (χ4v) is 9.70. The van der Waals surface area contributed by atoms with Crippen LogP contribution >= 0.6 is 0 Å². The molecule has 0 aliphatic carbocycles. The van der Waals surface area contributed by atoms with Gasteiger partial charge in [0, 0.05) is 27.7 Å². The number of hydrogen-bond acceptors (Lipinski definition) is 5. The topological polar surface area (TPSA) is 99.0 Å². The van der Waals surface area contributed by atoms with Crippen LogP contribution in [0.1, 0.15) is 16.7 Å². The van der Waals surface area contributed by atoms with E-state index < -0.39 is 0 Å². The lowest BCUT2D eigenvalue weighted by molar-refractivity contribution is 0.477. The van der Waals surface area contributed by atoms with E-state index in [-0.39, 0.29) is 5.75 Å². The van der Waals surface area contributed by atoms with Crippen molar-refractivity contribution in [1.82, 2.24) is 19.1 Å². The van der Waals surface area contributed by atoms with Crippen molar-refractivity contribution in [2.75, 3.05) is 4.90 Å². The predicted molar refractivity (Wildman–Crippen MR) is 272 cm³/mol. The minimum Gasteiger partial charge on any atom is -0.507 e. The molecule has 322 valence electrons. The minimum atomic E-state index is 0.223. The van der Waals surface area contributed by atoms with Gasteiger partial charge in [0.2, 0.25) is 11.6 Å². The number of hydrogen-bond donors (Lipinski definition) is 3. The molecule has 12 aromatic rings. The number of aromatic hydroxyl groups is 1. The molecule has 0 radical (unpaired) electrons. The van der Waals surface area contributed by atoms with Gasteiger partial charge in [-0.25, -0.2) is 4.98 Å². The number of H-pyrrole nitrogens is 1. The Morgan fingerprint density at radius 3 is 2.10 bits per heavy atom. The molecule has 3 aromatic heterocycles. The molecule has 0 saturated carbocycles. The van der Waals surface area contributed by atoms with Crippen LogP contribution in [0.3, 0.4) is 0 Å². The zero-order chi connectivity index (χ0) is 45.3. The average molecular weight is 869 g/mol. The van der Waals surface area contributed by atoms with Gasteiger partial charge in [0.25, 0.3) is 0 Å². The number of anilines is 3. The van der Waals surface area contributed by atoms with Gasteiger partial charge < -0.3 is 14.5 Å². The first-order valence-corrected chi connectivity index (χ1v) is 22.4. The first-order valence-electron chi connectivity index (χ1n) is 22.4. The number of rotatable bonds is 8. The number of benzene rings is 9. The molecule has 3 heterocycles. The van der Waals surface area contributed by atoms with E-state index in [9.17, 15) is 10.5 Å². The molecular weight excluding hydrogens is 825 g/mol. The predicted octanol–water partition coefficient (Wildman–Crippen LogP) is 14.8.